The van der Waals surface area contributed by atoms with Crippen LogP contribution in [0.1, 0.15) is 175 Å². The highest BCUT2D eigenvalue weighted by Crippen LogP contribution is 2.44. The lowest BCUT2D eigenvalue weighted by Crippen LogP contribution is -2.66. The number of rotatable bonds is 32. The summed E-state index contributed by atoms with van der Waals surface area (Å²) in [5, 5.41) is 12.3. The van der Waals surface area contributed by atoms with Gasteiger partial charge >= 0.3 is 47.8 Å². The number of carbonyl (C=O) groups excluding carboxylic acids is 10. The molecule has 100 heavy (non-hydrogen) atoms. The Hall–Kier alpha value is -5.51. The van der Waals surface area contributed by atoms with Crippen molar-refractivity contribution >= 4 is 71.4 Å². The van der Waals surface area contributed by atoms with Gasteiger partial charge < -0.3 is 97.1 Å². The zero-order valence-electron chi connectivity index (χ0n) is 60.8. The second-order valence-electron chi connectivity index (χ2n) is 27.8. The van der Waals surface area contributed by atoms with Crippen molar-refractivity contribution in [3.63, 3.8) is 0 Å². The first-order valence-corrected chi connectivity index (χ1v) is 36.7. The Morgan fingerprint density at radius 3 is 1.26 bits per heavy atom. The average Bonchev–Trinajstić information content (AvgIpc) is 1.12. The number of esters is 7. The lowest BCUT2D eigenvalue weighted by Gasteiger charge is -2.52. The van der Waals surface area contributed by atoms with Gasteiger partial charge in [0.2, 0.25) is 11.8 Å². The Morgan fingerprint density at radius 1 is 0.430 bits per heavy atom. The van der Waals surface area contributed by atoms with E-state index < -0.39 is 165 Å². The van der Waals surface area contributed by atoms with E-state index in [1.54, 1.807) is 20.8 Å². The normalized spacial score (nSPS) is 37.8. The fourth-order valence-electron chi connectivity index (χ4n) is 14.5. The molecule has 4 amide bonds. The van der Waals surface area contributed by atoms with Crippen LogP contribution in [0.5, 0.6) is 0 Å². The molecule has 7 rings (SSSR count). The van der Waals surface area contributed by atoms with E-state index in [0.29, 0.717) is 50.3 Å². The molecule has 7 aliphatic heterocycles. The smallest absolute Gasteiger partial charge is 0.315 e. The van der Waals surface area contributed by atoms with E-state index in [1.807, 2.05) is 53.3 Å². The second-order valence-corrected chi connectivity index (χ2v) is 29.1. The molecule has 30 nitrogen and oxygen atoms in total. The largest absolute Gasteiger partial charge is 0.463 e. The summed E-state index contributed by atoms with van der Waals surface area (Å²) in [5.74, 6) is -8.02. The number of thioether (sulfide) groups is 1. The molecular formula is C69H110N4O26S. The van der Waals surface area contributed by atoms with Crippen LogP contribution in [0.2, 0.25) is 0 Å². The number of carbonyl (C=O) groups is 10. The van der Waals surface area contributed by atoms with E-state index in [2.05, 4.69) is 21.3 Å². The summed E-state index contributed by atoms with van der Waals surface area (Å²) in [5.41, 5.74) is 0. The highest BCUT2D eigenvalue weighted by Gasteiger charge is 2.59. The Balaban J connectivity index is 1.14. The maximum Gasteiger partial charge on any atom is 0.315 e. The van der Waals surface area contributed by atoms with Crippen LogP contribution in [0, 0.1) is 41.4 Å². The number of fused-ring (bicyclic) bond motifs is 1. The molecule has 10 unspecified atom stereocenters. The van der Waals surface area contributed by atoms with Gasteiger partial charge in [0.05, 0.1) is 24.3 Å². The van der Waals surface area contributed by atoms with E-state index in [9.17, 15) is 47.9 Å². The minimum atomic E-state index is -1.73. The van der Waals surface area contributed by atoms with Crippen LogP contribution in [-0.4, -0.2) is 220 Å². The standard InChI is InChI=1S/C69H110N4O26S/c1-17-47-32(3)34(5)59(64(91-47)72-54(82)26-20-19-23-27-70-53(81)25-22-21-24-52-55-46(31-100-52)71-69(83)73-55)99-68-63(90-45(16)80)58(38(9)51(95-68)30-86-41(12)76)98-67-62(89-44(15)79)57(37(8)50(94-67)29-85-40(11)75)97-66-61(88-43(14)78)56(36(7)49(93-66)28-84-39(10)74)96-65-60(87-42(13)77)35(6)33(4)48(18-2)92-65/h32-38,46-52,55-68H,17-31H2,1-16H3,(H,70,81)(H,72,82)(H2,71,73,83)/t32-,33-,34-,35-,36+,37+,38+,46-,47?,48?,49?,50?,51?,52-,55-,56-,57-,58-,59?,60?,61?,62?,63?,64-,65+,66+,67+,68+/m0/s1. The predicted molar refractivity (Wildman–Crippen MR) is 353 cm³/mol. The highest BCUT2D eigenvalue weighted by molar-refractivity contribution is 8.00. The average molecular weight is 1440 g/mol. The van der Waals surface area contributed by atoms with E-state index in [-0.39, 0.29) is 85.4 Å². The van der Waals surface area contributed by atoms with Crippen molar-refractivity contribution in [3.05, 3.63) is 0 Å². The summed E-state index contributed by atoms with van der Waals surface area (Å²) < 4.78 is 102. The molecule has 0 saturated carbocycles. The van der Waals surface area contributed by atoms with Gasteiger partial charge in [-0.15, -0.1) is 0 Å². The van der Waals surface area contributed by atoms with Crippen molar-refractivity contribution in [1.82, 2.24) is 21.3 Å². The van der Waals surface area contributed by atoms with E-state index in [1.165, 1.54) is 41.5 Å². The molecule has 568 valence electrons. The molecule has 0 bridgehead atoms. The monoisotopic (exact) mass is 1440 g/mol. The zero-order valence-corrected chi connectivity index (χ0v) is 61.6. The molecule has 0 aromatic carbocycles. The summed E-state index contributed by atoms with van der Waals surface area (Å²) in [4.78, 5) is 129. The Morgan fingerprint density at radius 2 is 0.820 bits per heavy atom. The van der Waals surface area contributed by atoms with Crippen molar-refractivity contribution in [2.45, 2.75) is 303 Å². The van der Waals surface area contributed by atoms with Crippen LogP contribution >= 0.6 is 11.8 Å². The van der Waals surface area contributed by atoms with E-state index in [4.69, 9.17) is 75.8 Å². The Labute approximate surface area is 590 Å². The summed E-state index contributed by atoms with van der Waals surface area (Å²) in [6.45, 7) is 24.5. The van der Waals surface area contributed by atoms with Crippen molar-refractivity contribution in [2.75, 3.05) is 32.1 Å². The molecule has 0 aromatic heterocycles. The number of unbranched alkanes of at least 4 members (excludes halogenated alkanes) is 3. The first kappa shape index (κ1) is 81.8. The predicted octanol–water partition coefficient (Wildman–Crippen LogP) is 5.36. The first-order valence-electron chi connectivity index (χ1n) is 35.6. The Bertz CT molecular complexity index is 2770. The van der Waals surface area contributed by atoms with E-state index in [0.717, 1.165) is 31.9 Å². The third-order valence-corrected chi connectivity index (χ3v) is 21.9. The van der Waals surface area contributed by atoms with Crippen LogP contribution in [0.4, 0.5) is 4.79 Å². The fraction of sp³-hybridized carbons (Fsp3) is 0.855. The summed E-state index contributed by atoms with van der Waals surface area (Å²) in [6.07, 6.45) is -15.8. The summed E-state index contributed by atoms with van der Waals surface area (Å²) in [7, 11) is 0. The molecule has 7 fully saturated rings. The number of amides is 4. The van der Waals surface area contributed by atoms with Crippen LogP contribution in [0.25, 0.3) is 0 Å². The SMILES string of the molecule is CCC1O[C@H](O[C@@H]2C(OC(C)=O)[C@@H](O[C@@H]3C(OC(C)=O)[C@@H](O[C@@H]4C(OC(C)=O)[C@@H](OC5[C@@H](C)[C@H](C)C(CC)O[C@@H]5NC(=O)CCCCCNC(=O)CCCC[C@@H]5SC[C@@H]6NC(=O)N[C@@H]65)OC(COC(C)=O)[C@H]4C)OC(COC(C)=O)[C@H]3C)OC(COC(C)=O)[C@H]2C)C(OC(C)=O)[C@@H](C)[C@@H]1C. The minimum Gasteiger partial charge on any atom is -0.463 e. The van der Waals surface area contributed by atoms with Crippen molar-refractivity contribution < 1.29 is 124 Å². The molecule has 0 aromatic rings. The number of urea groups is 1. The summed E-state index contributed by atoms with van der Waals surface area (Å²) in [6, 6.07) is 0.155. The second kappa shape index (κ2) is 38.3. The maximum absolute atomic E-state index is 14.0. The molecule has 0 aliphatic carbocycles. The quantitative estimate of drug-likeness (QED) is 0.0285. The lowest BCUT2D eigenvalue weighted by atomic mass is 9.81. The van der Waals surface area contributed by atoms with Gasteiger partial charge in [-0.05, 0) is 56.3 Å². The van der Waals surface area contributed by atoms with Crippen molar-refractivity contribution in [1.29, 1.82) is 0 Å². The molecule has 7 aliphatic rings. The van der Waals surface area contributed by atoms with Gasteiger partial charge in [0, 0.05) is 103 Å². The van der Waals surface area contributed by atoms with Gasteiger partial charge in [-0.2, -0.15) is 11.8 Å². The molecule has 7 heterocycles. The molecule has 31 heteroatoms. The van der Waals surface area contributed by atoms with Crippen LogP contribution < -0.4 is 21.3 Å². The van der Waals surface area contributed by atoms with E-state index >= 15 is 0 Å². The Kier molecular flexibility index (Phi) is 31.3. The lowest BCUT2D eigenvalue weighted by molar-refractivity contribution is -0.382. The van der Waals surface area contributed by atoms with Crippen molar-refractivity contribution in [3.8, 4) is 0 Å². The third kappa shape index (κ3) is 22.3. The highest BCUT2D eigenvalue weighted by atomic mass is 32.2. The third-order valence-electron chi connectivity index (χ3n) is 20.4. The molecular weight excluding hydrogens is 1330 g/mol. The number of hydrogen-bond acceptors (Lipinski definition) is 27. The van der Waals surface area contributed by atoms with Gasteiger partial charge in [0.25, 0.3) is 0 Å². The number of ether oxygens (including phenoxy) is 16. The first-order chi connectivity index (χ1) is 47.4. The molecule has 0 radical (unpaired) electrons. The summed E-state index contributed by atoms with van der Waals surface area (Å²) >= 11 is 1.85. The van der Waals surface area contributed by atoms with Crippen molar-refractivity contribution in [2.24, 2.45) is 41.4 Å². The molecule has 28 atom stereocenters. The minimum absolute atomic E-state index is 0.0411. The number of hydrogen-bond donors (Lipinski definition) is 4. The van der Waals surface area contributed by atoms with Gasteiger partial charge in [-0.1, -0.05) is 75.2 Å². The molecule has 0 spiro atoms. The van der Waals surface area contributed by atoms with Crippen LogP contribution in [0.15, 0.2) is 0 Å². The topological polar surface area (TPSA) is 367 Å². The molecule has 7 saturated heterocycles. The van der Waals surface area contributed by atoms with Gasteiger partial charge in [0.1, 0.15) is 62.5 Å². The fourth-order valence-corrected chi connectivity index (χ4v) is 16.0. The van der Waals surface area contributed by atoms with Gasteiger partial charge in [0.15, 0.2) is 55.8 Å². The molecule has 4 N–H and O–H groups in total. The maximum atomic E-state index is 14.0. The zero-order chi connectivity index (χ0) is 73.4. The van der Waals surface area contributed by atoms with Gasteiger partial charge in [-0.25, -0.2) is 4.79 Å². The van der Waals surface area contributed by atoms with Gasteiger partial charge in [-0.3, -0.25) is 43.2 Å². The number of nitrogens with one attached hydrogen (secondary N) is 4. The van der Waals surface area contributed by atoms with Crippen LogP contribution in [0.3, 0.4) is 0 Å². The van der Waals surface area contributed by atoms with Crippen LogP contribution in [-0.2, 0) is 119 Å².